The van der Waals surface area contributed by atoms with Crippen molar-refractivity contribution in [1.29, 1.82) is 0 Å². The summed E-state index contributed by atoms with van der Waals surface area (Å²) < 4.78 is 41.0. The van der Waals surface area contributed by atoms with E-state index in [9.17, 15) is 13.2 Å². The van der Waals surface area contributed by atoms with E-state index >= 15 is 0 Å². The van der Waals surface area contributed by atoms with Crippen molar-refractivity contribution in [3.05, 3.63) is 22.3 Å². The van der Waals surface area contributed by atoms with Crippen LogP contribution >= 0.6 is 22.6 Å². The largest absolute Gasteiger partial charge is 0.465 e. The Labute approximate surface area is 196 Å². The van der Waals surface area contributed by atoms with Gasteiger partial charge in [0.25, 0.3) is 10.1 Å². The number of carbonyl (C=O) groups is 1. The molecule has 174 valence electrons. The van der Waals surface area contributed by atoms with Crippen LogP contribution in [0.3, 0.4) is 0 Å². The molecule has 0 N–H and O–H groups in total. The van der Waals surface area contributed by atoms with Crippen molar-refractivity contribution in [2.75, 3.05) is 12.9 Å². The molecule has 1 aliphatic rings. The molecule has 0 amide bonds. The Morgan fingerprint density at radius 2 is 1.97 bits per heavy atom. The lowest BCUT2D eigenvalue weighted by Gasteiger charge is -2.22. The van der Waals surface area contributed by atoms with Crippen molar-refractivity contribution in [3.8, 4) is 0 Å². The van der Waals surface area contributed by atoms with Crippen molar-refractivity contribution >= 4 is 38.7 Å². The number of carbonyl (C=O) groups excluding carboxylic acids is 1. The fourth-order valence-corrected chi connectivity index (χ4v) is 4.17. The quantitative estimate of drug-likeness (QED) is 0.109. The van der Waals surface area contributed by atoms with Crippen LogP contribution in [0.1, 0.15) is 66.2 Å². The number of esters is 1. The molecule has 0 saturated carbocycles. The van der Waals surface area contributed by atoms with Crippen molar-refractivity contribution in [1.82, 2.24) is 0 Å². The van der Waals surface area contributed by atoms with Gasteiger partial charge in [-0.15, -0.1) is 0 Å². The lowest BCUT2D eigenvalue weighted by molar-refractivity contribution is -0.153. The first-order valence-corrected chi connectivity index (χ1v) is 13.3. The molecule has 30 heavy (non-hydrogen) atoms. The molecule has 6 nitrogen and oxygen atoms in total. The maximum absolute atomic E-state index is 11.8. The highest BCUT2D eigenvalue weighted by Crippen LogP contribution is 2.32. The first kappa shape index (κ1) is 27.6. The van der Waals surface area contributed by atoms with Crippen LogP contribution in [0.4, 0.5) is 0 Å². The predicted molar refractivity (Wildman–Crippen MR) is 128 cm³/mol. The molecule has 1 fully saturated rings. The van der Waals surface area contributed by atoms with Crippen molar-refractivity contribution < 1.29 is 26.9 Å². The zero-order valence-corrected chi connectivity index (χ0v) is 21.9. The van der Waals surface area contributed by atoms with Gasteiger partial charge in [0.15, 0.2) is 0 Å². The molecule has 0 radical (unpaired) electrons. The third-order valence-corrected chi connectivity index (χ3v) is 6.72. The second kappa shape index (κ2) is 12.0. The number of hydrogen-bond donors (Lipinski definition) is 0. The number of rotatable bonds is 12. The zero-order valence-electron chi connectivity index (χ0n) is 18.9. The van der Waals surface area contributed by atoms with E-state index in [-0.39, 0.29) is 24.1 Å². The van der Waals surface area contributed by atoms with Crippen molar-refractivity contribution in [3.63, 3.8) is 0 Å². The van der Waals surface area contributed by atoms with Gasteiger partial charge in [0, 0.05) is 0 Å². The highest BCUT2D eigenvalue weighted by Gasteiger charge is 2.30. The van der Waals surface area contributed by atoms with Gasteiger partial charge in [-0.25, -0.2) is 0 Å². The molecular weight excluding hydrogens is 519 g/mol. The molecule has 0 spiro atoms. The van der Waals surface area contributed by atoms with Crippen molar-refractivity contribution in [2.24, 2.45) is 11.3 Å². The Balaban J connectivity index is 2.47. The molecule has 1 rings (SSSR count). The molecule has 1 saturated heterocycles. The van der Waals surface area contributed by atoms with Crippen LogP contribution in [0.5, 0.6) is 0 Å². The minimum Gasteiger partial charge on any atom is -0.465 e. The van der Waals surface area contributed by atoms with E-state index in [2.05, 4.69) is 35.7 Å². The average molecular weight is 557 g/mol. The van der Waals surface area contributed by atoms with E-state index in [1.165, 1.54) is 0 Å². The molecule has 0 bridgehead atoms. The lowest BCUT2D eigenvalue weighted by Crippen LogP contribution is -2.24. The molecule has 8 heteroatoms. The van der Waals surface area contributed by atoms with Gasteiger partial charge in [0.2, 0.25) is 0 Å². The van der Waals surface area contributed by atoms with Gasteiger partial charge in [-0.3, -0.25) is 8.98 Å². The van der Waals surface area contributed by atoms with Crippen LogP contribution in [0, 0.1) is 11.3 Å². The van der Waals surface area contributed by atoms with Gasteiger partial charge in [0.1, 0.15) is 0 Å². The molecule has 0 aromatic carbocycles. The minimum absolute atomic E-state index is 0.0539. The van der Waals surface area contributed by atoms with Crippen LogP contribution in [0.25, 0.3) is 0 Å². The molecule has 1 heterocycles. The maximum Gasteiger partial charge on any atom is 0.311 e. The highest BCUT2D eigenvalue weighted by atomic mass is 127. The number of allylic oxidation sites excluding steroid dienone is 1. The number of halogens is 1. The Morgan fingerprint density at radius 1 is 1.33 bits per heavy atom. The summed E-state index contributed by atoms with van der Waals surface area (Å²) in [5, 5.41) is 0. The Morgan fingerprint density at radius 3 is 2.50 bits per heavy atom. The topological polar surface area (TPSA) is 78.9 Å². The summed E-state index contributed by atoms with van der Waals surface area (Å²) in [6.45, 7) is 16.0. The third kappa shape index (κ3) is 10.7. The van der Waals surface area contributed by atoms with Gasteiger partial charge in [-0.2, -0.15) is 8.42 Å². The zero-order chi connectivity index (χ0) is 23.1. The van der Waals surface area contributed by atoms with Crippen LogP contribution in [0.2, 0.25) is 0 Å². The van der Waals surface area contributed by atoms with Crippen LogP contribution in [-0.4, -0.2) is 45.6 Å². The van der Waals surface area contributed by atoms with Crippen LogP contribution in [0.15, 0.2) is 22.3 Å². The summed E-state index contributed by atoms with van der Waals surface area (Å²) in [6.07, 6.45) is 4.76. The maximum atomic E-state index is 11.8. The first-order chi connectivity index (χ1) is 13.7. The van der Waals surface area contributed by atoms with E-state index in [4.69, 9.17) is 13.7 Å². The Hall–Kier alpha value is -0.450. The molecule has 0 aliphatic carbocycles. The molecule has 0 unspecified atom stereocenters. The summed E-state index contributed by atoms with van der Waals surface area (Å²) >= 11 is 2.17. The summed E-state index contributed by atoms with van der Waals surface area (Å²) in [5.74, 6) is -0.0361. The monoisotopic (exact) mass is 556 g/mol. The first-order valence-electron chi connectivity index (χ1n) is 10.4. The second-order valence-corrected chi connectivity index (χ2v) is 12.2. The van der Waals surface area contributed by atoms with Gasteiger partial charge < -0.3 is 9.47 Å². The molecule has 4 atom stereocenters. The summed E-state index contributed by atoms with van der Waals surface area (Å²) in [6, 6.07) is 0. The standard InChI is InChI=1S/C22H37IO6S/c1-15(17(3)23)13-19(29-30(7,25)26)10-11-20-16(2)14-18(28-20)9-8-12-27-21(24)22(4,5)6/h15,18-20H,2-3,8-14H2,1,4-7H3/t15-,18+,19-,20+/m1/s1. The summed E-state index contributed by atoms with van der Waals surface area (Å²) in [7, 11) is -3.53. The van der Waals surface area contributed by atoms with E-state index in [1.54, 1.807) is 0 Å². The van der Waals surface area contributed by atoms with Gasteiger partial charge in [-0.1, -0.05) is 20.1 Å². The molecular formula is C22H37IO6S. The van der Waals surface area contributed by atoms with E-state index in [0.717, 1.165) is 34.7 Å². The summed E-state index contributed by atoms with van der Waals surface area (Å²) in [4.78, 5) is 11.8. The average Bonchev–Trinajstić information content (AvgIpc) is 2.93. The van der Waals surface area contributed by atoms with Crippen LogP contribution in [-0.2, 0) is 28.6 Å². The highest BCUT2D eigenvalue weighted by molar-refractivity contribution is 14.1. The van der Waals surface area contributed by atoms with E-state index in [1.807, 2.05) is 27.7 Å². The Bertz CT molecular complexity index is 710. The fourth-order valence-electron chi connectivity index (χ4n) is 3.25. The number of hydrogen-bond acceptors (Lipinski definition) is 6. The lowest BCUT2D eigenvalue weighted by atomic mass is 9.97. The number of ether oxygens (including phenoxy) is 2. The van der Waals surface area contributed by atoms with Gasteiger partial charge >= 0.3 is 5.97 Å². The van der Waals surface area contributed by atoms with Gasteiger partial charge in [0.05, 0.1) is 36.6 Å². The SMILES string of the molecule is C=C(I)[C@H](C)C[C@@H](CC[C@@H]1O[C@@H](CCCOC(=O)C(C)(C)C)CC1=C)OS(C)(=O)=O. The smallest absolute Gasteiger partial charge is 0.311 e. The Kier molecular flexibility index (Phi) is 11.0. The van der Waals surface area contributed by atoms with E-state index < -0.39 is 21.6 Å². The molecule has 0 aromatic rings. The fraction of sp³-hybridized carbons (Fsp3) is 0.773. The van der Waals surface area contributed by atoms with Crippen LogP contribution < -0.4 is 0 Å². The third-order valence-electron chi connectivity index (χ3n) is 5.03. The molecule has 0 aromatic heterocycles. The van der Waals surface area contributed by atoms with Crippen molar-refractivity contribution in [2.45, 2.75) is 84.5 Å². The van der Waals surface area contributed by atoms with Gasteiger partial charge in [-0.05, 0) is 97.0 Å². The molecule has 1 aliphatic heterocycles. The van der Waals surface area contributed by atoms with E-state index in [0.29, 0.717) is 25.9 Å². The normalized spacial score (nSPS) is 22.0. The summed E-state index contributed by atoms with van der Waals surface area (Å²) in [5.41, 5.74) is 0.533. The predicted octanol–water partition coefficient (Wildman–Crippen LogP) is 5.17. The minimum atomic E-state index is -3.53. The second-order valence-electron chi connectivity index (χ2n) is 9.22.